The first-order valence-electron chi connectivity index (χ1n) is 15.7. The molecule has 4 aliphatic rings. The van der Waals surface area contributed by atoms with Gasteiger partial charge in [0.05, 0.1) is 30.2 Å². The zero-order valence-corrected chi connectivity index (χ0v) is 25.0. The lowest BCUT2D eigenvalue weighted by molar-refractivity contribution is -0.181. The number of rotatable bonds is 4. The smallest absolute Gasteiger partial charge is 0.252 e. The molecule has 2 aromatic heterocycles. The van der Waals surface area contributed by atoms with Gasteiger partial charge in [0.15, 0.2) is 5.58 Å². The van der Waals surface area contributed by atoms with Crippen molar-refractivity contribution in [3.63, 3.8) is 0 Å². The topological polar surface area (TPSA) is 113 Å². The van der Waals surface area contributed by atoms with Crippen LogP contribution in [-0.4, -0.2) is 42.6 Å². The SMILES string of the molecule is CC12Cc3cnn(-c4ccc(F)cc4)c3C=C1CCC1C2C(O)CC2(C)C1CC[C@]2(O)C(=O)NCc1nc2ccccc2o1. The first kappa shape index (κ1) is 27.7. The van der Waals surface area contributed by atoms with E-state index >= 15 is 0 Å². The number of halogens is 1. The van der Waals surface area contributed by atoms with Gasteiger partial charge in [-0.2, -0.15) is 5.10 Å². The van der Waals surface area contributed by atoms with Crippen LogP contribution in [0.25, 0.3) is 22.9 Å². The number of amides is 1. The summed E-state index contributed by atoms with van der Waals surface area (Å²) in [6.45, 7) is 4.36. The quantitative estimate of drug-likeness (QED) is 0.293. The summed E-state index contributed by atoms with van der Waals surface area (Å²) < 4.78 is 21.2. The third kappa shape index (κ3) is 3.84. The molecular formula is C35H37FN4O4. The highest BCUT2D eigenvalue weighted by atomic mass is 19.1. The van der Waals surface area contributed by atoms with E-state index in [9.17, 15) is 19.4 Å². The highest BCUT2D eigenvalue weighted by Crippen LogP contribution is 2.67. The molecule has 9 heteroatoms. The lowest BCUT2D eigenvalue weighted by Crippen LogP contribution is -2.63. The summed E-state index contributed by atoms with van der Waals surface area (Å²) >= 11 is 0. The van der Waals surface area contributed by atoms with Gasteiger partial charge in [0.25, 0.3) is 5.91 Å². The number of para-hydroxylation sites is 2. The number of benzene rings is 2. The van der Waals surface area contributed by atoms with Crippen molar-refractivity contribution in [2.24, 2.45) is 28.6 Å². The number of hydrogen-bond donors (Lipinski definition) is 3. The number of nitrogens with zero attached hydrogens (tertiary/aromatic N) is 3. The Hall–Kier alpha value is -3.82. The van der Waals surface area contributed by atoms with E-state index in [2.05, 4.69) is 28.4 Å². The van der Waals surface area contributed by atoms with E-state index in [4.69, 9.17) is 4.42 Å². The average molecular weight is 597 g/mol. The largest absolute Gasteiger partial charge is 0.439 e. The molecule has 8 nitrogen and oxygen atoms in total. The van der Waals surface area contributed by atoms with Crippen molar-refractivity contribution < 1.29 is 23.8 Å². The minimum absolute atomic E-state index is 0.00746. The molecule has 2 aromatic carbocycles. The van der Waals surface area contributed by atoms with Crippen LogP contribution in [0.1, 0.15) is 63.1 Å². The van der Waals surface area contributed by atoms with Crippen LogP contribution in [0.2, 0.25) is 0 Å². The van der Waals surface area contributed by atoms with Gasteiger partial charge < -0.3 is 19.9 Å². The molecule has 2 heterocycles. The second kappa shape index (κ2) is 9.59. The maximum absolute atomic E-state index is 13.7. The number of aromatic nitrogens is 3. The van der Waals surface area contributed by atoms with Crippen molar-refractivity contribution in [3.05, 3.63) is 83.3 Å². The summed E-state index contributed by atoms with van der Waals surface area (Å²) in [7, 11) is 0. The Morgan fingerprint density at radius 3 is 2.75 bits per heavy atom. The molecule has 1 amide bonds. The molecule has 3 saturated carbocycles. The van der Waals surface area contributed by atoms with E-state index in [0.29, 0.717) is 24.3 Å². The molecule has 4 aliphatic carbocycles. The fraction of sp³-hybridized carbons (Fsp3) is 0.457. The summed E-state index contributed by atoms with van der Waals surface area (Å²) in [5.41, 5.74) is 3.02. The molecule has 44 heavy (non-hydrogen) atoms. The highest BCUT2D eigenvalue weighted by Gasteiger charge is 2.68. The van der Waals surface area contributed by atoms with E-state index in [-0.39, 0.29) is 35.5 Å². The molecule has 0 radical (unpaired) electrons. The Labute approximate surface area is 255 Å². The number of allylic oxidation sites excluding steroid dienone is 1. The van der Waals surface area contributed by atoms with Crippen LogP contribution >= 0.6 is 0 Å². The summed E-state index contributed by atoms with van der Waals surface area (Å²) in [6.07, 6.45) is 7.45. The number of nitrogens with one attached hydrogen (secondary N) is 1. The predicted octanol–water partition coefficient (Wildman–Crippen LogP) is 5.35. The summed E-state index contributed by atoms with van der Waals surface area (Å²) in [5, 5.41) is 31.6. The monoisotopic (exact) mass is 596 g/mol. The van der Waals surface area contributed by atoms with Crippen LogP contribution in [-0.2, 0) is 17.8 Å². The van der Waals surface area contributed by atoms with E-state index in [1.165, 1.54) is 17.7 Å². The number of hydrogen-bond acceptors (Lipinski definition) is 6. The van der Waals surface area contributed by atoms with Crippen molar-refractivity contribution in [3.8, 4) is 5.69 Å². The number of carbonyl (C=O) groups excluding carboxylic acids is 1. The van der Waals surface area contributed by atoms with Crippen LogP contribution in [0.4, 0.5) is 4.39 Å². The van der Waals surface area contributed by atoms with Crippen LogP contribution in [0.15, 0.2) is 64.7 Å². The molecular weight excluding hydrogens is 559 g/mol. The van der Waals surface area contributed by atoms with E-state index in [1.54, 1.807) is 12.1 Å². The highest BCUT2D eigenvalue weighted by molar-refractivity contribution is 5.86. The van der Waals surface area contributed by atoms with Gasteiger partial charge in [-0.1, -0.05) is 31.6 Å². The zero-order valence-electron chi connectivity index (χ0n) is 25.0. The van der Waals surface area contributed by atoms with Gasteiger partial charge in [-0.3, -0.25) is 4.79 Å². The van der Waals surface area contributed by atoms with Crippen LogP contribution in [0.3, 0.4) is 0 Å². The summed E-state index contributed by atoms with van der Waals surface area (Å²) in [5.74, 6) is -0.0138. The minimum atomic E-state index is -1.59. The third-order valence-electron chi connectivity index (χ3n) is 11.8. The second-order valence-corrected chi connectivity index (χ2v) is 13.9. The number of oxazole rings is 1. The lowest BCUT2D eigenvalue weighted by Gasteiger charge is -2.60. The number of fused-ring (bicyclic) bond motifs is 7. The number of aliphatic hydroxyl groups is 2. The Kier molecular flexibility index (Phi) is 6.04. The van der Waals surface area contributed by atoms with Gasteiger partial charge in [0.2, 0.25) is 5.89 Å². The first-order valence-corrected chi connectivity index (χ1v) is 15.7. The van der Waals surface area contributed by atoms with Gasteiger partial charge in [0.1, 0.15) is 16.9 Å². The van der Waals surface area contributed by atoms with Crippen LogP contribution in [0, 0.1) is 34.4 Å². The van der Waals surface area contributed by atoms with Gasteiger partial charge in [-0.05, 0) is 110 Å². The van der Waals surface area contributed by atoms with Crippen molar-refractivity contribution in [1.29, 1.82) is 0 Å². The normalized spacial score (nSPS) is 34.1. The molecule has 0 saturated heterocycles. The van der Waals surface area contributed by atoms with Gasteiger partial charge >= 0.3 is 0 Å². The molecule has 6 unspecified atom stereocenters. The Bertz CT molecular complexity index is 1780. The van der Waals surface area contributed by atoms with Crippen LogP contribution < -0.4 is 5.32 Å². The second-order valence-electron chi connectivity index (χ2n) is 13.9. The van der Waals surface area contributed by atoms with Gasteiger partial charge in [0, 0.05) is 5.41 Å². The maximum atomic E-state index is 13.7. The molecule has 0 bridgehead atoms. The van der Waals surface area contributed by atoms with Gasteiger partial charge in [-0.25, -0.2) is 14.1 Å². The molecule has 7 atom stereocenters. The Morgan fingerprint density at radius 1 is 1.16 bits per heavy atom. The molecule has 0 spiro atoms. The fourth-order valence-corrected chi connectivity index (χ4v) is 9.65. The van der Waals surface area contributed by atoms with E-state index < -0.39 is 23.0 Å². The van der Waals surface area contributed by atoms with Crippen molar-refractivity contribution in [1.82, 2.24) is 20.1 Å². The van der Waals surface area contributed by atoms with Crippen LogP contribution in [0.5, 0.6) is 0 Å². The predicted molar refractivity (Wildman–Crippen MR) is 162 cm³/mol. The van der Waals surface area contributed by atoms with Crippen molar-refractivity contribution in [2.45, 2.75) is 70.6 Å². The maximum Gasteiger partial charge on any atom is 0.252 e. The zero-order chi connectivity index (χ0) is 30.4. The lowest BCUT2D eigenvalue weighted by atomic mass is 9.45. The molecule has 4 aromatic rings. The number of carbonyl (C=O) groups is 1. The van der Waals surface area contributed by atoms with E-state index in [0.717, 1.165) is 48.1 Å². The Morgan fingerprint density at radius 2 is 1.95 bits per heavy atom. The van der Waals surface area contributed by atoms with Crippen molar-refractivity contribution >= 4 is 23.1 Å². The average Bonchev–Trinajstić information content (AvgIpc) is 3.68. The molecule has 228 valence electrons. The molecule has 0 aliphatic heterocycles. The number of aliphatic hydroxyl groups excluding tert-OH is 1. The summed E-state index contributed by atoms with van der Waals surface area (Å²) in [4.78, 5) is 18.2. The third-order valence-corrected chi connectivity index (χ3v) is 11.8. The van der Waals surface area contributed by atoms with Crippen molar-refractivity contribution in [2.75, 3.05) is 0 Å². The first-order chi connectivity index (χ1) is 21.1. The fourth-order valence-electron chi connectivity index (χ4n) is 9.65. The Balaban J connectivity index is 1.05. The molecule has 3 fully saturated rings. The van der Waals surface area contributed by atoms with E-state index in [1.807, 2.05) is 42.1 Å². The minimum Gasteiger partial charge on any atom is -0.439 e. The van der Waals surface area contributed by atoms with Gasteiger partial charge in [-0.15, -0.1) is 0 Å². The summed E-state index contributed by atoms with van der Waals surface area (Å²) in [6, 6.07) is 13.8. The standard InChI is InChI=1S/C35H37FN4O4/c1-33-16-20-18-38-40(23-10-8-22(36)9-11-23)27(20)15-21(33)7-12-24-25-13-14-35(43,34(25,2)17-28(41)31(24)33)32(42)37-19-30-39-26-5-3-4-6-29(26)44-30/h3-6,8-11,15,18,24-25,28,31,41,43H,7,12-14,16-17,19H2,1-2H3,(H,37,42)/t24?,25?,28?,31?,33?,34?,35-/m0/s1. The molecule has 3 N–H and O–H groups in total. The molecule has 8 rings (SSSR count).